The highest BCUT2D eigenvalue weighted by atomic mass is 16.5. The zero-order valence-electron chi connectivity index (χ0n) is 15.6. The number of rotatable bonds is 4. The molecule has 0 bridgehead atoms. The molecule has 1 amide bonds. The first kappa shape index (κ1) is 18.6. The predicted molar refractivity (Wildman–Crippen MR) is 105 cm³/mol. The molecular weight excluding hydrogens is 351 g/mol. The van der Waals surface area contributed by atoms with Gasteiger partial charge in [0.05, 0.1) is 41.3 Å². The third-order valence-corrected chi connectivity index (χ3v) is 5.06. The standard InChI is InChI=1S/C18H16B3N5O2/c1-9-13(8-22-26(9)2)16(27)23-14-6-4-10-7-11(3-5-12(10)14)15-24-17(28-25-15)18(19,20)21/h3,5,7-8,14H,4,6H2,1-2H3,(H,23,27)/t14-/m1/s1. The van der Waals surface area contributed by atoms with Crippen LogP contribution < -0.4 is 5.32 Å². The van der Waals surface area contributed by atoms with Crippen LogP contribution in [0.25, 0.3) is 11.4 Å². The van der Waals surface area contributed by atoms with Gasteiger partial charge in [-0.25, -0.2) is 0 Å². The molecule has 0 fully saturated rings. The van der Waals surface area contributed by atoms with Gasteiger partial charge in [-0.05, 0) is 37.0 Å². The van der Waals surface area contributed by atoms with Crippen molar-refractivity contribution in [1.29, 1.82) is 0 Å². The first-order valence-corrected chi connectivity index (χ1v) is 8.87. The van der Waals surface area contributed by atoms with Crippen LogP contribution in [-0.4, -0.2) is 49.4 Å². The van der Waals surface area contributed by atoms with E-state index in [9.17, 15) is 4.79 Å². The summed E-state index contributed by atoms with van der Waals surface area (Å²) in [5.41, 5.74) is 4.38. The van der Waals surface area contributed by atoms with Crippen molar-refractivity contribution < 1.29 is 9.32 Å². The van der Waals surface area contributed by atoms with Crippen molar-refractivity contribution in [3.8, 4) is 11.4 Å². The van der Waals surface area contributed by atoms with Crippen molar-refractivity contribution in [3.63, 3.8) is 0 Å². The lowest BCUT2D eigenvalue weighted by molar-refractivity contribution is 0.0936. The Labute approximate surface area is 166 Å². The Morgan fingerprint density at radius 3 is 2.79 bits per heavy atom. The molecule has 10 heteroatoms. The average molecular weight is 367 g/mol. The molecule has 134 valence electrons. The highest BCUT2D eigenvalue weighted by Crippen LogP contribution is 2.34. The lowest BCUT2D eigenvalue weighted by atomic mass is 9.42. The molecule has 1 aromatic carbocycles. The fourth-order valence-corrected chi connectivity index (χ4v) is 3.38. The van der Waals surface area contributed by atoms with Crippen molar-refractivity contribution in [1.82, 2.24) is 25.2 Å². The number of benzene rings is 1. The van der Waals surface area contributed by atoms with Crippen LogP contribution in [-0.2, 0) is 18.6 Å². The molecule has 6 radical (unpaired) electrons. The lowest BCUT2D eigenvalue weighted by Crippen LogP contribution is -2.27. The fraction of sp³-hybridized carbons (Fsp3) is 0.333. The van der Waals surface area contributed by atoms with E-state index in [1.165, 1.54) is 0 Å². The number of nitrogens with one attached hydrogen (secondary N) is 1. The normalized spacial score (nSPS) is 16.1. The molecule has 1 aliphatic rings. The number of nitrogens with zero attached hydrogens (tertiary/aromatic N) is 4. The molecular formula is C18H16B3N5O2. The molecule has 0 unspecified atom stereocenters. The van der Waals surface area contributed by atoms with Gasteiger partial charge in [0.25, 0.3) is 5.91 Å². The van der Waals surface area contributed by atoms with Gasteiger partial charge >= 0.3 is 0 Å². The van der Waals surface area contributed by atoms with Crippen LogP contribution in [0, 0.1) is 6.92 Å². The average Bonchev–Trinajstić information content (AvgIpc) is 3.35. The minimum atomic E-state index is -1.68. The van der Waals surface area contributed by atoms with Gasteiger partial charge in [-0.15, -0.1) is 0 Å². The number of amides is 1. The van der Waals surface area contributed by atoms with Crippen molar-refractivity contribution in [2.75, 3.05) is 0 Å². The fourth-order valence-electron chi connectivity index (χ4n) is 3.38. The van der Waals surface area contributed by atoms with Gasteiger partial charge in [0.15, 0.2) is 0 Å². The molecule has 1 atom stereocenters. The summed E-state index contributed by atoms with van der Waals surface area (Å²) >= 11 is 0. The molecule has 0 saturated heterocycles. The number of hydrogen-bond acceptors (Lipinski definition) is 5. The van der Waals surface area contributed by atoms with E-state index in [4.69, 9.17) is 28.1 Å². The Morgan fingerprint density at radius 1 is 1.36 bits per heavy atom. The second-order valence-corrected chi connectivity index (χ2v) is 7.10. The van der Waals surface area contributed by atoms with Crippen LogP contribution in [0.3, 0.4) is 0 Å². The predicted octanol–water partition coefficient (Wildman–Crippen LogP) is 0.812. The van der Waals surface area contributed by atoms with E-state index in [1.54, 1.807) is 10.9 Å². The van der Waals surface area contributed by atoms with Crippen LogP contribution >= 0.6 is 0 Å². The van der Waals surface area contributed by atoms with Crippen LogP contribution in [0.15, 0.2) is 28.9 Å². The zero-order valence-corrected chi connectivity index (χ0v) is 15.6. The summed E-state index contributed by atoms with van der Waals surface area (Å²) in [5.74, 6) is 0.197. The van der Waals surface area contributed by atoms with Crippen LogP contribution in [0.4, 0.5) is 0 Å². The number of aromatic nitrogens is 4. The van der Waals surface area contributed by atoms with Crippen molar-refractivity contribution in [2.45, 2.75) is 30.9 Å². The molecule has 0 spiro atoms. The Morgan fingerprint density at radius 2 is 2.14 bits per heavy atom. The van der Waals surface area contributed by atoms with E-state index < -0.39 is 5.11 Å². The molecule has 1 aliphatic carbocycles. The van der Waals surface area contributed by atoms with Gasteiger partial charge in [0.1, 0.15) is 0 Å². The first-order chi connectivity index (χ1) is 13.2. The minimum absolute atomic E-state index is 0.0417. The quantitative estimate of drug-likeness (QED) is 0.691. The smallest absolute Gasteiger partial charge is 0.255 e. The van der Waals surface area contributed by atoms with E-state index in [0.29, 0.717) is 11.4 Å². The second kappa shape index (κ2) is 6.69. The van der Waals surface area contributed by atoms with Gasteiger partial charge in [0.2, 0.25) is 11.7 Å². The Hall–Kier alpha value is -2.77. The van der Waals surface area contributed by atoms with Gasteiger partial charge in [-0.3, -0.25) is 9.48 Å². The number of fused-ring (bicyclic) bond motifs is 1. The van der Waals surface area contributed by atoms with E-state index in [2.05, 4.69) is 20.6 Å². The maximum Gasteiger partial charge on any atom is 0.255 e. The van der Waals surface area contributed by atoms with Crippen molar-refractivity contribution >= 4 is 29.4 Å². The summed E-state index contributed by atoms with van der Waals surface area (Å²) in [6, 6.07) is 5.77. The third-order valence-electron chi connectivity index (χ3n) is 5.06. The topological polar surface area (TPSA) is 85.8 Å². The summed E-state index contributed by atoms with van der Waals surface area (Å²) in [6.45, 7) is 1.87. The molecule has 1 N–H and O–H groups in total. The van der Waals surface area contributed by atoms with E-state index in [0.717, 1.165) is 35.2 Å². The Kier molecular flexibility index (Phi) is 4.44. The molecule has 4 rings (SSSR count). The number of aryl methyl sites for hydroxylation is 2. The summed E-state index contributed by atoms with van der Waals surface area (Å²) in [6.07, 6.45) is 3.24. The SMILES string of the molecule is [B]C([B])([B])c1nc(-c2ccc3c(c2)CC[C@H]3NC(=O)c2cnn(C)c2C)no1. The molecule has 7 nitrogen and oxygen atoms in total. The van der Waals surface area contributed by atoms with E-state index in [-0.39, 0.29) is 17.8 Å². The maximum absolute atomic E-state index is 12.6. The summed E-state index contributed by atoms with van der Waals surface area (Å²) in [7, 11) is 18.5. The van der Waals surface area contributed by atoms with Crippen LogP contribution in [0.2, 0.25) is 0 Å². The molecule has 28 heavy (non-hydrogen) atoms. The minimum Gasteiger partial charge on any atom is -0.345 e. The zero-order chi connectivity index (χ0) is 20.1. The van der Waals surface area contributed by atoms with Crippen molar-refractivity contribution in [3.05, 3.63) is 52.7 Å². The molecule has 3 aromatic rings. The maximum atomic E-state index is 12.6. The molecule has 0 aliphatic heterocycles. The van der Waals surface area contributed by atoms with Crippen LogP contribution in [0.1, 0.15) is 45.5 Å². The number of hydrogen-bond donors (Lipinski definition) is 1. The molecule has 2 aromatic heterocycles. The van der Waals surface area contributed by atoms with Gasteiger partial charge in [0, 0.05) is 18.3 Å². The van der Waals surface area contributed by atoms with E-state index >= 15 is 0 Å². The summed E-state index contributed by atoms with van der Waals surface area (Å²) in [4.78, 5) is 16.8. The van der Waals surface area contributed by atoms with Crippen LogP contribution in [0.5, 0.6) is 0 Å². The summed E-state index contributed by atoms with van der Waals surface area (Å²) in [5, 5.41) is 9.44. The number of carbonyl (C=O) groups is 1. The first-order valence-electron chi connectivity index (χ1n) is 8.87. The molecule has 0 saturated carbocycles. The Balaban J connectivity index is 1.54. The lowest BCUT2D eigenvalue weighted by Gasteiger charge is -2.14. The highest BCUT2D eigenvalue weighted by Gasteiger charge is 2.27. The highest BCUT2D eigenvalue weighted by molar-refractivity contribution is 6.58. The molecule has 2 heterocycles. The monoisotopic (exact) mass is 367 g/mol. The summed E-state index contributed by atoms with van der Waals surface area (Å²) < 4.78 is 6.72. The van der Waals surface area contributed by atoms with Crippen molar-refractivity contribution in [2.24, 2.45) is 7.05 Å². The van der Waals surface area contributed by atoms with Gasteiger partial charge < -0.3 is 9.84 Å². The van der Waals surface area contributed by atoms with Gasteiger partial charge in [-0.1, -0.05) is 22.4 Å². The largest absolute Gasteiger partial charge is 0.345 e. The van der Waals surface area contributed by atoms with Gasteiger partial charge in [-0.2, -0.15) is 10.1 Å². The number of carbonyl (C=O) groups excluding carboxylic acids is 1. The van der Waals surface area contributed by atoms with E-state index in [1.807, 2.05) is 32.2 Å². The Bertz CT molecular complexity index is 1050. The second-order valence-electron chi connectivity index (χ2n) is 7.10. The third kappa shape index (κ3) is 3.27.